The van der Waals surface area contributed by atoms with Gasteiger partial charge in [0.25, 0.3) is 4.84 Å². The van der Waals surface area contributed by atoms with Gasteiger partial charge < -0.3 is 4.42 Å². The Labute approximate surface area is 85.8 Å². The molecule has 14 heavy (non-hydrogen) atoms. The number of H-pyrrole nitrogens is 1. The lowest BCUT2D eigenvalue weighted by molar-refractivity contribution is 0.551. The molecule has 0 atom stereocenters. The Morgan fingerprint density at radius 1 is 1.43 bits per heavy atom. The van der Waals surface area contributed by atoms with Crippen molar-refractivity contribution in [1.82, 2.24) is 20.0 Å². The Balaban J connectivity index is 2.67. The SMILES string of the molecule is Cc1nn(C)c(C)c1-c1n[nH]c(=S)o1. The molecule has 1 N–H and O–H groups in total. The molecule has 0 aliphatic rings. The number of rotatable bonds is 1. The minimum atomic E-state index is 0.280. The van der Waals surface area contributed by atoms with Crippen LogP contribution in [0.3, 0.4) is 0 Å². The molecule has 0 aliphatic carbocycles. The fourth-order valence-corrected chi connectivity index (χ4v) is 1.54. The summed E-state index contributed by atoms with van der Waals surface area (Å²) in [7, 11) is 1.88. The average molecular weight is 210 g/mol. The van der Waals surface area contributed by atoms with Gasteiger partial charge in [0, 0.05) is 12.7 Å². The highest BCUT2D eigenvalue weighted by Gasteiger charge is 2.15. The number of nitrogens with one attached hydrogen (secondary N) is 1. The summed E-state index contributed by atoms with van der Waals surface area (Å²) >= 11 is 4.81. The maximum absolute atomic E-state index is 5.24. The minimum Gasteiger partial charge on any atom is -0.409 e. The molecule has 0 aromatic carbocycles. The second-order valence-electron chi connectivity index (χ2n) is 3.09. The molecule has 74 valence electrons. The lowest BCUT2D eigenvalue weighted by atomic mass is 10.2. The second kappa shape index (κ2) is 3.06. The summed E-state index contributed by atoms with van der Waals surface area (Å²) in [6.45, 7) is 3.87. The van der Waals surface area contributed by atoms with E-state index in [1.807, 2.05) is 20.9 Å². The molecule has 0 unspecified atom stereocenters. The van der Waals surface area contributed by atoms with E-state index in [1.54, 1.807) is 4.68 Å². The van der Waals surface area contributed by atoms with Crippen LogP contribution in [-0.4, -0.2) is 20.0 Å². The van der Waals surface area contributed by atoms with Crippen LogP contribution in [-0.2, 0) is 7.05 Å². The van der Waals surface area contributed by atoms with E-state index in [0.717, 1.165) is 17.0 Å². The zero-order chi connectivity index (χ0) is 10.3. The third-order valence-corrected chi connectivity index (χ3v) is 2.34. The fourth-order valence-electron chi connectivity index (χ4n) is 1.42. The average Bonchev–Trinajstić information content (AvgIpc) is 2.60. The molecule has 2 aromatic heterocycles. The summed E-state index contributed by atoms with van der Waals surface area (Å²) < 4.78 is 7.03. The molecule has 2 aromatic rings. The number of aromatic nitrogens is 4. The molecule has 2 heterocycles. The van der Waals surface area contributed by atoms with Crippen LogP contribution >= 0.6 is 12.2 Å². The maximum Gasteiger partial charge on any atom is 0.284 e. The second-order valence-corrected chi connectivity index (χ2v) is 3.46. The first-order valence-corrected chi connectivity index (χ1v) is 4.56. The standard InChI is InChI=1S/C8H10N4OS/c1-4-6(5(2)12(3)11-4)7-9-10-8(14)13-7/h1-3H3,(H,10,14). The van der Waals surface area contributed by atoms with Crippen molar-refractivity contribution in [3.8, 4) is 11.5 Å². The molecule has 0 bridgehead atoms. The summed E-state index contributed by atoms with van der Waals surface area (Å²) in [6, 6.07) is 0. The highest BCUT2D eigenvalue weighted by Crippen LogP contribution is 2.24. The summed E-state index contributed by atoms with van der Waals surface area (Å²) in [6.07, 6.45) is 0. The largest absolute Gasteiger partial charge is 0.409 e. The maximum atomic E-state index is 5.24. The van der Waals surface area contributed by atoms with E-state index in [2.05, 4.69) is 15.3 Å². The van der Waals surface area contributed by atoms with Crippen molar-refractivity contribution in [3.63, 3.8) is 0 Å². The minimum absolute atomic E-state index is 0.280. The summed E-state index contributed by atoms with van der Waals surface area (Å²) in [5.74, 6) is 0.498. The monoisotopic (exact) mass is 210 g/mol. The Morgan fingerprint density at radius 2 is 2.14 bits per heavy atom. The van der Waals surface area contributed by atoms with Gasteiger partial charge in [-0.3, -0.25) is 4.68 Å². The Bertz CT molecular complexity index is 522. The Morgan fingerprint density at radius 3 is 2.57 bits per heavy atom. The molecule has 0 spiro atoms. The molecular formula is C8H10N4OS. The number of hydrogen-bond donors (Lipinski definition) is 1. The van der Waals surface area contributed by atoms with Crippen LogP contribution < -0.4 is 0 Å². The summed E-state index contributed by atoms with van der Waals surface area (Å²) in [4.78, 5) is 0.280. The summed E-state index contributed by atoms with van der Waals surface area (Å²) in [5.41, 5.74) is 2.79. The van der Waals surface area contributed by atoms with Crippen LogP contribution in [0.4, 0.5) is 0 Å². The molecule has 0 aliphatic heterocycles. The normalized spacial score (nSPS) is 10.8. The van der Waals surface area contributed by atoms with Gasteiger partial charge >= 0.3 is 0 Å². The van der Waals surface area contributed by atoms with Gasteiger partial charge in [-0.05, 0) is 26.1 Å². The van der Waals surface area contributed by atoms with Gasteiger partial charge in [-0.15, -0.1) is 5.10 Å². The number of hydrogen-bond acceptors (Lipinski definition) is 4. The molecule has 0 saturated carbocycles. The predicted octanol–water partition coefficient (Wildman–Crippen LogP) is 1.75. The van der Waals surface area contributed by atoms with E-state index in [-0.39, 0.29) is 4.84 Å². The molecule has 2 rings (SSSR count). The molecule has 0 fully saturated rings. The highest BCUT2D eigenvalue weighted by molar-refractivity contribution is 7.71. The van der Waals surface area contributed by atoms with Gasteiger partial charge in [0.1, 0.15) is 0 Å². The molecule has 0 radical (unpaired) electrons. The lowest BCUT2D eigenvalue weighted by Crippen LogP contribution is -1.92. The van der Waals surface area contributed by atoms with Gasteiger partial charge in [-0.2, -0.15) is 5.10 Å². The Hall–Kier alpha value is -1.43. The van der Waals surface area contributed by atoms with Crippen molar-refractivity contribution in [3.05, 3.63) is 16.2 Å². The predicted molar refractivity (Wildman–Crippen MR) is 53.4 cm³/mol. The van der Waals surface area contributed by atoms with Crippen LogP contribution in [0, 0.1) is 18.7 Å². The van der Waals surface area contributed by atoms with Crippen molar-refractivity contribution in [2.75, 3.05) is 0 Å². The number of aryl methyl sites for hydroxylation is 2. The zero-order valence-electron chi connectivity index (χ0n) is 8.16. The molecule has 0 amide bonds. The van der Waals surface area contributed by atoms with E-state index >= 15 is 0 Å². The van der Waals surface area contributed by atoms with E-state index in [0.29, 0.717) is 5.89 Å². The highest BCUT2D eigenvalue weighted by atomic mass is 32.1. The van der Waals surface area contributed by atoms with Crippen LogP contribution in [0.25, 0.3) is 11.5 Å². The van der Waals surface area contributed by atoms with Crippen LogP contribution in [0.1, 0.15) is 11.4 Å². The first-order valence-electron chi connectivity index (χ1n) is 4.15. The van der Waals surface area contributed by atoms with Crippen LogP contribution in [0.2, 0.25) is 0 Å². The topological polar surface area (TPSA) is 59.6 Å². The third-order valence-electron chi connectivity index (χ3n) is 2.16. The molecule has 6 heteroatoms. The van der Waals surface area contributed by atoms with Crippen molar-refractivity contribution >= 4 is 12.2 Å². The lowest BCUT2D eigenvalue weighted by Gasteiger charge is -1.94. The first kappa shape index (κ1) is 9.14. The molecule has 0 saturated heterocycles. The third kappa shape index (κ3) is 1.27. The van der Waals surface area contributed by atoms with Gasteiger partial charge in [-0.1, -0.05) is 0 Å². The van der Waals surface area contributed by atoms with E-state index in [4.69, 9.17) is 16.6 Å². The van der Waals surface area contributed by atoms with Gasteiger partial charge in [0.2, 0.25) is 5.89 Å². The molecule has 5 nitrogen and oxygen atoms in total. The van der Waals surface area contributed by atoms with Crippen molar-refractivity contribution in [1.29, 1.82) is 0 Å². The van der Waals surface area contributed by atoms with E-state index in [1.165, 1.54) is 0 Å². The zero-order valence-corrected chi connectivity index (χ0v) is 8.97. The van der Waals surface area contributed by atoms with Gasteiger partial charge in [0.15, 0.2) is 0 Å². The molecular weight excluding hydrogens is 200 g/mol. The summed E-state index contributed by atoms with van der Waals surface area (Å²) in [5, 5.41) is 10.8. The van der Waals surface area contributed by atoms with E-state index < -0.39 is 0 Å². The number of aromatic amines is 1. The van der Waals surface area contributed by atoms with E-state index in [9.17, 15) is 0 Å². The Kier molecular flexibility index (Phi) is 1.99. The van der Waals surface area contributed by atoms with Crippen LogP contribution in [0.5, 0.6) is 0 Å². The number of nitrogens with zero attached hydrogens (tertiary/aromatic N) is 3. The van der Waals surface area contributed by atoms with Gasteiger partial charge in [-0.25, -0.2) is 5.10 Å². The first-order chi connectivity index (χ1) is 6.59. The van der Waals surface area contributed by atoms with Crippen molar-refractivity contribution < 1.29 is 4.42 Å². The van der Waals surface area contributed by atoms with Crippen molar-refractivity contribution in [2.45, 2.75) is 13.8 Å². The fraction of sp³-hybridized carbons (Fsp3) is 0.375. The quantitative estimate of drug-likeness (QED) is 0.728. The van der Waals surface area contributed by atoms with Crippen molar-refractivity contribution in [2.24, 2.45) is 7.05 Å². The smallest absolute Gasteiger partial charge is 0.284 e. The van der Waals surface area contributed by atoms with Gasteiger partial charge in [0.05, 0.1) is 11.3 Å². The van der Waals surface area contributed by atoms with Crippen LogP contribution in [0.15, 0.2) is 4.42 Å².